The van der Waals surface area contributed by atoms with Crippen molar-refractivity contribution in [2.45, 2.75) is 32.6 Å². The average Bonchev–Trinajstić information content (AvgIpc) is 2.96. The maximum absolute atomic E-state index is 12.0. The minimum atomic E-state index is -0.666. The van der Waals surface area contributed by atoms with Gasteiger partial charge in [-0.2, -0.15) is 5.10 Å². The smallest absolute Gasteiger partial charge is 0.294 e. The fraction of sp³-hybridized carbons (Fsp3) is 0.312. The summed E-state index contributed by atoms with van der Waals surface area (Å²) in [6.07, 6.45) is 4.44. The largest absolute Gasteiger partial charge is 0.504 e. The predicted octanol–water partition coefficient (Wildman–Crippen LogP) is 1.92. The molecular formula is C16H20N4O3. The lowest BCUT2D eigenvalue weighted by atomic mass is 10.2. The molecule has 0 aliphatic carbocycles. The molecule has 0 spiro atoms. The number of benzene rings is 1. The summed E-state index contributed by atoms with van der Waals surface area (Å²) in [4.78, 5) is 23.5. The number of aromatic nitrogens is 2. The molecule has 0 atom stereocenters. The quantitative estimate of drug-likeness (QED) is 0.560. The van der Waals surface area contributed by atoms with E-state index in [2.05, 4.69) is 16.0 Å². The van der Waals surface area contributed by atoms with Gasteiger partial charge in [-0.3, -0.25) is 20.4 Å². The summed E-state index contributed by atoms with van der Waals surface area (Å²) in [5, 5.41) is 13.9. The van der Waals surface area contributed by atoms with Crippen LogP contribution in [0.1, 0.15) is 43.1 Å². The van der Waals surface area contributed by atoms with Gasteiger partial charge in [-0.1, -0.05) is 38.0 Å². The maximum atomic E-state index is 12.0. The van der Waals surface area contributed by atoms with Crippen molar-refractivity contribution >= 4 is 11.8 Å². The molecule has 0 fully saturated rings. The van der Waals surface area contributed by atoms with E-state index in [9.17, 15) is 14.7 Å². The van der Waals surface area contributed by atoms with Gasteiger partial charge < -0.3 is 5.11 Å². The number of nitrogens with zero attached hydrogens (tertiary/aromatic N) is 2. The van der Waals surface area contributed by atoms with Crippen LogP contribution in [0.4, 0.5) is 0 Å². The molecule has 0 aliphatic rings. The molecule has 2 rings (SSSR count). The first-order valence-corrected chi connectivity index (χ1v) is 7.55. The van der Waals surface area contributed by atoms with Crippen LogP contribution in [0.5, 0.6) is 5.75 Å². The molecule has 3 N–H and O–H groups in total. The number of carbonyl (C=O) groups excluding carboxylic acids is 2. The van der Waals surface area contributed by atoms with Crippen LogP contribution in [0.3, 0.4) is 0 Å². The minimum absolute atomic E-state index is 0.150. The second-order valence-electron chi connectivity index (χ2n) is 5.10. The van der Waals surface area contributed by atoms with Crippen LogP contribution in [0.2, 0.25) is 0 Å². The van der Waals surface area contributed by atoms with Gasteiger partial charge in [0.2, 0.25) is 5.91 Å². The third kappa shape index (κ3) is 4.57. The van der Waals surface area contributed by atoms with Crippen molar-refractivity contribution in [1.82, 2.24) is 20.6 Å². The van der Waals surface area contributed by atoms with Crippen molar-refractivity contribution in [3.8, 4) is 11.4 Å². The Morgan fingerprint density at radius 1 is 1.17 bits per heavy atom. The lowest BCUT2D eigenvalue weighted by molar-refractivity contribution is -0.122. The van der Waals surface area contributed by atoms with Crippen LogP contribution in [-0.2, 0) is 4.79 Å². The zero-order valence-corrected chi connectivity index (χ0v) is 13.0. The van der Waals surface area contributed by atoms with E-state index in [1.807, 2.05) is 25.1 Å². The molecule has 0 unspecified atom stereocenters. The fourth-order valence-corrected chi connectivity index (χ4v) is 2.02. The zero-order chi connectivity index (χ0) is 16.7. The van der Waals surface area contributed by atoms with Crippen LogP contribution in [0.15, 0.2) is 36.5 Å². The number of nitrogens with one attached hydrogen (secondary N) is 2. The summed E-state index contributed by atoms with van der Waals surface area (Å²) in [5.74, 6) is -1.19. The molecule has 122 valence electrons. The summed E-state index contributed by atoms with van der Waals surface area (Å²) in [5.41, 5.74) is 5.14. The molecule has 0 radical (unpaired) electrons. The molecule has 0 bridgehead atoms. The SMILES string of the molecule is CCCCCC(=O)NNC(=O)c1nn(-c2ccccc2)cc1O. The van der Waals surface area contributed by atoms with Crippen molar-refractivity contribution in [3.63, 3.8) is 0 Å². The van der Waals surface area contributed by atoms with Gasteiger partial charge in [0.25, 0.3) is 5.91 Å². The van der Waals surface area contributed by atoms with Crippen molar-refractivity contribution < 1.29 is 14.7 Å². The highest BCUT2D eigenvalue weighted by atomic mass is 16.3. The lowest BCUT2D eigenvalue weighted by Gasteiger charge is -2.05. The van der Waals surface area contributed by atoms with E-state index in [0.717, 1.165) is 19.3 Å². The Balaban J connectivity index is 1.95. The summed E-state index contributed by atoms with van der Waals surface area (Å²) in [7, 11) is 0. The number of amides is 2. The molecule has 23 heavy (non-hydrogen) atoms. The van der Waals surface area contributed by atoms with Gasteiger partial charge in [0, 0.05) is 6.42 Å². The third-order valence-electron chi connectivity index (χ3n) is 3.25. The Kier molecular flexibility index (Phi) is 5.74. The van der Waals surface area contributed by atoms with Gasteiger partial charge in [0.15, 0.2) is 11.4 Å². The van der Waals surface area contributed by atoms with Crippen LogP contribution in [0.25, 0.3) is 5.69 Å². The molecule has 1 aromatic heterocycles. The second kappa shape index (κ2) is 7.98. The van der Waals surface area contributed by atoms with E-state index in [1.54, 1.807) is 12.1 Å². The van der Waals surface area contributed by atoms with Crippen LogP contribution in [-0.4, -0.2) is 26.7 Å². The number of carbonyl (C=O) groups is 2. The van der Waals surface area contributed by atoms with Crippen molar-refractivity contribution in [2.75, 3.05) is 0 Å². The molecule has 1 aromatic carbocycles. The van der Waals surface area contributed by atoms with E-state index in [4.69, 9.17) is 0 Å². The molecule has 0 aliphatic heterocycles. The summed E-state index contributed by atoms with van der Waals surface area (Å²) < 4.78 is 1.40. The zero-order valence-electron chi connectivity index (χ0n) is 13.0. The van der Waals surface area contributed by atoms with Crippen molar-refractivity contribution in [3.05, 3.63) is 42.2 Å². The third-order valence-corrected chi connectivity index (χ3v) is 3.25. The van der Waals surface area contributed by atoms with Crippen LogP contribution < -0.4 is 10.9 Å². The summed E-state index contributed by atoms with van der Waals surface area (Å²) in [6.45, 7) is 2.05. The molecule has 1 heterocycles. The monoisotopic (exact) mass is 316 g/mol. The van der Waals surface area contributed by atoms with E-state index >= 15 is 0 Å². The first-order valence-electron chi connectivity index (χ1n) is 7.55. The number of aromatic hydroxyl groups is 1. The fourth-order valence-electron chi connectivity index (χ4n) is 2.02. The van der Waals surface area contributed by atoms with Gasteiger partial charge in [-0.25, -0.2) is 4.68 Å². The first-order chi connectivity index (χ1) is 11.1. The molecular weight excluding hydrogens is 296 g/mol. The number of unbranched alkanes of at least 4 members (excludes halogenated alkanes) is 2. The summed E-state index contributed by atoms with van der Waals surface area (Å²) >= 11 is 0. The predicted molar refractivity (Wildman–Crippen MR) is 85.0 cm³/mol. The standard InChI is InChI=1S/C16H20N4O3/c1-2-3-5-10-14(22)17-18-16(23)15-13(21)11-20(19-15)12-8-6-4-7-9-12/h4,6-9,11,21H,2-3,5,10H2,1H3,(H,17,22)(H,18,23). The van der Waals surface area contributed by atoms with Gasteiger partial charge in [0.1, 0.15) is 0 Å². The molecule has 2 aromatic rings. The minimum Gasteiger partial charge on any atom is -0.504 e. The number of hydrazine groups is 1. The van der Waals surface area contributed by atoms with E-state index in [-0.39, 0.29) is 17.4 Å². The first kappa shape index (κ1) is 16.5. The Labute approximate surface area is 134 Å². The van der Waals surface area contributed by atoms with Crippen molar-refractivity contribution in [1.29, 1.82) is 0 Å². The molecule has 0 saturated heterocycles. The highest BCUT2D eigenvalue weighted by Crippen LogP contribution is 2.17. The van der Waals surface area contributed by atoms with E-state index in [0.29, 0.717) is 12.1 Å². The van der Waals surface area contributed by atoms with E-state index < -0.39 is 5.91 Å². The molecule has 7 heteroatoms. The Bertz CT molecular complexity index is 667. The summed E-state index contributed by atoms with van der Waals surface area (Å²) in [6, 6.07) is 9.09. The maximum Gasteiger partial charge on any atom is 0.294 e. The van der Waals surface area contributed by atoms with Gasteiger partial charge in [-0.05, 0) is 18.6 Å². The second-order valence-corrected chi connectivity index (χ2v) is 5.10. The van der Waals surface area contributed by atoms with Gasteiger partial charge in [-0.15, -0.1) is 0 Å². The van der Waals surface area contributed by atoms with Gasteiger partial charge >= 0.3 is 0 Å². The van der Waals surface area contributed by atoms with Crippen molar-refractivity contribution in [2.24, 2.45) is 0 Å². The molecule has 7 nitrogen and oxygen atoms in total. The Morgan fingerprint density at radius 2 is 1.91 bits per heavy atom. The topological polar surface area (TPSA) is 96.3 Å². The Morgan fingerprint density at radius 3 is 2.61 bits per heavy atom. The average molecular weight is 316 g/mol. The number of rotatable bonds is 6. The molecule has 0 saturated carbocycles. The molecule has 2 amide bonds. The van der Waals surface area contributed by atoms with Gasteiger partial charge in [0.05, 0.1) is 11.9 Å². The number of para-hydroxylation sites is 1. The van der Waals surface area contributed by atoms with Crippen LogP contribution in [0, 0.1) is 0 Å². The Hall–Kier alpha value is -2.83. The normalized spacial score (nSPS) is 10.3. The van der Waals surface area contributed by atoms with Crippen LogP contribution >= 0.6 is 0 Å². The lowest BCUT2D eigenvalue weighted by Crippen LogP contribution is -2.41. The number of hydrogen-bond acceptors (Lipinski definition) is 4. The number of hydrogen-bond donors (Lipinski definition) is 3. The highest BCUT2D eigenvalue weighted by molar-refractivity contribution is 5.95. The highest BCUT2D eigenvalue weighted by Gasteiger charge is 2.17. The van der Waals surface area contributed by atoms with E-state index in [1.165, 1.54) is 10.9 Å².